The second-order valence-corrected chi connectivity index (χ2v) is 5.76. The van der Waals surface area contributed by atoms with Crippen LogP contribution in [-0.2, 0) is 0 Å². The van der Waals surface area contributed by atoms with E-state index in [1.165, 1.54) is 24.5 Å². The van der Waals surface area contributed by atoms with Crippen LogP contribution in [0.2, 0.25) is 0 Å². The number of hydrogen-bond acceptors (Lipinski definition) is 7. The third-order valence-corrected chi connectivity index (χ3v) is 3.94. The molecule has 8 nitrogen and oxygen atoms in total. The maximum Gasteiger partial charge on any atom is 0.360 e. The molecule has 130 valence electrons. The van der Waals surface area contributed by atoms with Crippen LogP contribution in [0.4, 0.5) is 4.39 Å². The summed E-state index contributed by atoms with van der Waals surface area (Å²) in [6.07, 6.45) is 6.07. The van der Waals surface area contributed by atoms with E-state index in [4.69, 9.17) is 4.74 Å². The highest BCUT2D eigenvalue weighted by molar-refractivity contribution is 5.87. The van der Waals surface area contributed by atoms with Gasteiger partial charge in [0.25, 0.3) is 5.88 Å². The highest BCUT2D eigenvalue weighted by Gasteiger charge is 2.29. The summed E-state index contributed by atoms with van der Waals surface area (Å²) < 4.78 is 19.5. The Morgan fingerprint density at radius 2 is 2.04 bits per heavy atom. The van der Waals surface area contributed by atoms with Crippen molar-refractivity contribution in [2.24, 2.45) is 0 Å². The number of aromatic carboxylic acids is 1. The Kier molecular flexibility index (Phi) is 3.96. The number of carboxylic acid groups (broad SMARTS) is 1. The fourth-order valence-corrected chi connectivity index (χ4v) is 2.61. The highest BCUT2D eigenvalue weighted by Crippen LogP contribution is 2.45. The first-order chi connectivity index (χ1) is 12.6. The van der Waals surface area contributed by atoms with Crippen LogP contribution >= 0.6 is 0 Å². The van der Waals surface area contributed by atoms with Gasteiger partial charge in [0, 0.05) is 23.2 Å². The lowest BCUT2D eigenvalue weighted by Crippen LogP contribution is -2.06. The lowest BCUT2D eigenvalue weighted by molar-refractivity contribution is 0.0686. The van der Waals surface area contributed by atoms with Gasteiger partial charge >= 0.3 is 5.97 Å². The molecule has 9 heteroatoms. The quantitative estimate of drug-likeness (QED) is 0.745. The van der Waals surface area contributed by atoms with Gasteiger partial charge in [-0.3, -0.25) is 0 Å². The number of carboxylic acids is 1. The molecule has 1 N–H and O–H groups in total. The summed E-state index contributed by atoms with van der Waals surface area (Å²) in [5.41, 5.74) is 1.47. The lowest BCUT2D eigenvalue weighted by atomic mass is 10.0. The smallest absolute Gasteiger partial charge is 0.360 e. The molecule has 4 rings (SSSR count). The molecule has 0 saturated heterocycles. The van der Waals surface area contributed by atoms with Crippen LogP contribution in [-0.4, -0.2) is 36.2 Å². The first-order valence-corrected chi connectivity index (χ1v) is 7.82. The number of aromatic nitrogens is 5. The van der Waals surface area contributed by atoms with Gasteiger partial charge in [-0.1, -0.05) is 0 Å². The molecular formula is C17H12FN5O3. The van der Waals surface area contributed by atoms with Crippen molar-refractivity contribution in [1.82, 2.24) is 25.1 Å². The summed E-state index contributed by atoms with van der Waals surface area (Å²) in [7, 11) is 0. The van der Waals surface area contributed by atoms with Gasteiger partial charge in [-0.25, -0.2) is 24.1 Å². The van der Waals surface area contributed by atoms with Crippen molar-refractivity contribution in [2.75, 3.05) is 0 Å². The molecule has 0 spiro atoms. The van der Waals surface area contributed by atoms with Crippen LogP contribution in [0.3, 0.4) is 0 Å². The van der Waals surface area contributed by atoms with Crippen LogP contribution in [0.1, 0.15) is 34.9 Å². The summed E-state index contributed by atoms with van der Waals surface area (Å²) in [4.78, 5) is 23.3. The maximum absolute atomic E-state index is 13.9. The molecule has 0 atom stereocenters. The predicted octanol–water partition coefficient (Wildman–Crippen LogP) is 2.84. The summed E-state index contributed by atoms with van der Waals surface area (Å²) in [6, 6.07) is 3.91. The van der Waals surface area contributed by atoms with E-state index in [0.717, 1.165) is 24.9 Å². The highest BCUT2D eigenvalue weighted by atomic mass is 19.1. The molecule has 26 heavy (non-hydrogen) atoms. The van der Waals surface area contributed by atoms with Crippen molar-refractivity contribution in [3.05, 3.63) is 54.3 Å². The van der Waals surface area contributed by atoms with Crippen molar-refractivity contribution in [3.63, 3.8) is 0 Å². The molecule has 0 amide bonds. The zero-order chi connectivity index (χ0) is 18.1. The van der Waals surface area contributed by atoms with Gasteiger partial charge in [0.1, 0.15) is 24.2 Å². The molecule has 2 heterocycles. The van der Waals surface area contributed by atoms with Crippen molar-refractivity contribution < 1.29 is 19.0 Å². The Labute approximate surface area is 146 Å². The Balaban J connectivity index is 1.81. The first-order valence-electron chi connectivity index (χ1n) is 7.82. The van der Waals surface area contributed by atoms with E-state index in [0.29, 0.717) is 17.0 Å². The summed E-state index contributed by atoms with van der Waals surface area (Å²) >= 11 is 0. The summed E-state index contributed by atoms with van der Waals surface area (Å²) in [5.74, 6) is -1.53. The van der Waals surface area contributed by atoms with Crippen LogP contribution in [0.25, 0.3) is 11.1 Å². The van der Waals surface area contributed by atoms with Gasteiger partial charge < -0.3 is 9.84 Å². The standard InChI is InChI=1S/C17H12FN5O3/c18-10-3-4-13(26-16-15(17(24)25)21-8-22-23-16)11(5-10)12-6-19-7-20-14(12)9-1-2-9/h3-9H,1-2H2,(H,24,25). The molecule has 0 radical (unpaired) electrons. The van der Waals surface area contributed by atoms with Crippen molar-refractivity contribution in [1.29, 1.82) is 0 Å². The van der Waals surface area contributed by atoms with E-state index in [1.807, 2.05) is 0 Å². The van der Waals surface area contributed by atoms with Crippen molar-refractivity contribution in [3.8, 4) is 22.8 Å². The molecule has 1 aliphatic rings. The topological polar surface area (TPSA) is 111 Å². The minimum absolute atomic E-state index is 0.216. The fraction of sp³-hybridized carbons (Fsp3) is 0.176. The Hall–Kier alpha value is -3.49. The fourth-order valence-electron chi connectivity index (χ4n) is 2.61. The molecule has 1 aromatic carbocycles. The van der Waals surface area contributed by atoms with E-state index in [-0.39, 0.29) is 17.3 Å². The number of rotatable bonds is 5. The largest absolute Gasteiger partial charge is 0.476 e. The molecule has 1 saturated carbocycles. The van der Waals surface area contributed by atoms with Gasteiger partial charge in [-0.2, -0.15) is 0 Å². The van der Waals surface area contributed by atoms with Crippen LogP contribution in [0, 0.1) is 5.82 Å². The van der Waals surface area contributed by atoms with Crippen molar-refractivity contribution in [2.45, 2.75) is 18.8 Å². The first kappa shape index (κ1) is 16.0. The van der Waals surface area contributed by atoms with E-state index < -0.39 is 11.8 Å². The monoisotopic (exact) mass is 353 g/mol. The minimum Gasteiger partial charge on any atom is -0.476 e. The molecule has 2 aromatic heterocycles. The third kappa shape index (κ3) is 3.06. The predicted molar refractivity (Wildman–Crippen MR) is 86.3 cm³/mol. The van der Waals surface area contributed by atoms with Gasteiger partial charge in [-0.05, 0) is 31.0 Å². The Bertz CT molecular complexity index is 994. The molecule has 1 fully saturated rings. The number of benzene rings is 1. The molecule has 1 aliphatic carbocycles. The number of hydrogen-bond donors (Lipinski definition) is 1. The molecule has 0 bridgehead atoms. The van der Waals surface area contributed by atoms with Crippen LogP contribution in [0.15, 0.2) is 37.1 Å². The van der Waals surface area contributed by atoms with Crippen molar-refractivity contribution >= 4 is 5.97 Å². The molecule has 3 aromatic rings. The number of nitrogens with zero attached hydrogens (tertiary/aromatic N) is 5. The SMILES string of the molecule is O=C(O)c1ncnnc1Oc1ccc(F)cc1-c1cncnc1C1CC1. The van der Waals surface area contributed by atoms with E-state index in [9.17, 15) is 14.3 Å². The van der Waals surface area contributed by atoms with Crippen LogP contribution in [0.5, 0.6) is 11.6 Å². The van der Waals surface area contributed by atoms with Gasteiger partial charge in [-0.15, -0.1) is 10.2 Å². The lowest BCUT2D eigenvalue weighted by Gasteiger charge is -2.13. The van der Waals surface area contributed by atoms with Crippen LogP contribution < -0.4 is 4.74 Å². The average Bonchev–Trinajstić information content (AvgIpc) is 3.48. The van der Waals surface area contributed by atoms with E-state index in [1.54, 1.807) is 6.20 Å². The Morgan fingerprint density at radius 3 is 2.81 bits per heavy atom. The number of ether oxygens (including phenoxy) is 1. The molecule has 0 aliphatic heterocycles. The zero-order valence-corrected chi connectivity index (χ0v) is 13.3. The second kappa shape index (κ2) is 6.43. The second-order valence-electron chi connectivity index (χ2n) is 5.76. The normalized spacial score (nSPS) is 13.4. The van der Waals surface area contributed by atoms with E-state index in [2.05, 4.69) is 25.1 Å². The Morgan fingerprint density at radius 1 is 1.19 bits per heavy atom. The summed E-state index contributed by atoms with van der Waals surface area (Å²) in [5, 5.41) is 16.4. The van der Waals surface area contributed by atoms with Gasteiger partial charge in [0.2, 0.25) is 5.69 Å². The summed E-state index contributed by atoms with van der Waals surface area (Å²) in [6.45, 7) is 0. The average molecular weight is 353 g/mol. The van der Waals surface area contributed by atoms with Gasteiger partial charge in [0.15, 0.2) is 0 Å². The molecule has 0 unspecified atom stereocenters. The van der Waals surface area contributed by atoms with E-state index >= 15 is 0 Å². The third-order valence-electron chi connectivity index (χ3n) is 3.94. The van der Waals surface area contributed by atoms with Gasteiger partial charge in [0.05, 0.1) is 5.69 Å². The minimum atomic E-state index is -1.31. The zero-order valence-electron chi connectivity index (χ0n) is 13.3. The number of carbonyl (C=O) groups is 1. The maximum atomic E-state index is 13.9. The number of halogens is 1. The molecular weight excluding hydrogens is 341 g/mol.